The molecule has 2 unspecified atom stereocenters. The second kappa shape index (κ2) is 8.28. The SMILES string of the molecule is CCNC(C)(CC(C)Sc1cc(Cl)ccc1Cl)C(=O)OC. The molecule has 1 rings (SSSR count). The van der Waals surface area contributed by atoms with Crippen molar-refractivity contribution in [1.82, 2.24) is 5.32 Å². The number of likely N-dealkylation sites (N-methyl/N-ethyl adjacent to an activating group) is 1. The molecule has 0 saturated carbocycles. The molecule has 1 aromatic rings. The van der Waals surface area contributed by atoms with Crippen LogP contribution in [-0.4, -0.2) is 30.4 Å². The number of ether oxygens (including phenoxy) is 1. The summed E-state index contributed by atoms with van der Waals surface area (Å²) in [5.41, 5.74) is -0.707. The third kappa shape index (κ3) is 5.37. The van der Waals surface area contributed by atoms with Crippen molar-refractivity contribution < 1.29 is 9.53 Å². The number of methoxy groups -OCH3 is 1. The van der Waals surface area contributed by atoms with Crippen molar-refractivity contribution in [2.75, 3.05) is 13.7 Å². The van der Waals surface area contributed by atoms with Gasteiger partial charge in [-0.3, -0.25) is 4.79 Å². The van der Waals surface area contributed by atoms with Crippen LogP contribution in [0.4, 0.5) is 0 Å². The second-order valence-electron chi connectivity index (χ2n) is 5.06. The number of hydrogen-bond acceptors (Lipinski definition) is 4. The van der Waals surface area contributed by atoms with Gasteiger partial charge in [-0.05, 0) is 38.1 Å². The first-order valence-electron chi connectivity index (χ1n) is 6.77. The number of nitrogens with one attached hydrogen (secondary N) is 1. The van der Waals surface area contributed by atoms with E-state index in [1.165, 1.54) is 7.11 Å². The normalized spacial score (nSPS) is 15.3. The summed E-state index contributed by atoms with van der Waals surface area (Å²) in [7, 11) is 1.41. The lowest BCUT2D eigenvalue weighted by molar-refractivity contribution is -0.148. The van der Waals surface area contributed by atoms with E-state index in [0.29, 0.717) is 23.0 Å². The van der Waals surface area contributed by atoms with Gasteiger partial charge in [-0.2, -0.15) is 0 Å². The molecule has 118 valence electrons. The van der Waals surface area contributed by atoms with Crippen LogP contribution in [-0.2, 0) is 9.53 Å². The fraction of sp³-hybridized carbons (Fsp3) is 0.533. The first-order chi connectivity index (χ1) is 9.82. The summed E-state index contributed by atoms with van der Waals surface area (Å²) >= 11 is 13.8. The number of rotatable bonds is 7. The third-order valence-corrected chi connectivity index (χ3v) is 4.96. The van der Waals surface area contributed by atoms with Gasteiger partial charge in [0.15, 0.2) is 0 Å². The Balaban J connectivity index is 2.80. The lowest BCUT2D eigenvalue weighted by Gasteiger charge is -2.30. The Kier molecular flexibility index (Phi) is 7.34. The van der Waals surface area contributed by atoms with Gasteiger partial charge in [0.25, 0.3) is 0 Å². The van der Waals surface area contributed by atoms with E-state index in [2.05, 4.69) is 12.2 Å². The summed E-state index contributed by atoms with van der Waals surface area (Å²) in [4.78, 5) is 12.9. The van der Waals surface area contributed by atoms with Crippen LogP contribution in [0.15, 0.2) is 23.1 Å². The Hall–Kier alpha value is -0.420. The van der Waals surface area contributed by atoms with E-state index in [1.807, 2.05) is 19.9 Å². The highest BCUT2D eigenvalue weighted by molar-refractivity contribution is 8.00. The number of hydrogen-bond donors (Lipinski definition) is 1. The number of esters is 1. The van der Waals surface area contributed by atoms with Crippen molar-refractivity contribution in [3.05, 3.63) is 28.2 Å². The summed E-state index contributed by atoms with van der Waals surface area (Å²) in [6.07, 6.45) is 0.626. The van der Waals surface area contributed by atoms with Crippen molar-refractivity contribution in [2.24, 2.45) is 0 Å². The Morgan fingerprint density at radius 1 is 1.48 bits per heavy atom. The van der Waals surface area contributed by atoms with E-state index >= 15 is 0 Å². The van der Waals surface area contributed by atoms with Crippen LogP contribution in [0.25, 0.3) is 0 Å². The zero-order chi connectivity index (χ0) is 16.0. The molecule has 0 saturated heterocycles. The lowest BCUT2D eigenvalue weighted by atomic mass is 9.96. The van der Waals surface area contributed by atoms with Crippen LogP contribution >= 0.6 is 35.0 Å². The van der Waals surface area contributed by atoms with E-state index in [0.717, 1.165) is 4.90 Å². The van der Waals surface area contributed by atoms with Crippen LogP contribution in [0.2, 0.25) is 10.0 Å². The highest BCUT2D eigenvalue weighted by Crippen LogP contribution is 2.35. The highest BCUT2D eigenvalue weighted by atomic mass is 35.5. The summed E-state index contributed by atoms with van der Waals surface area (Å²) in [5, 5.41) is 4.69. The minimum Gasteiger partial charge on any atom is -0.468 e. The van der Waals surface area contributed by atoms with E-state index in [1.54, 1.807) is 23.9 Å². The van der Waals surface area contributed by atoms with Gasteiger partial charge < -0.3 is 10.1 Å². The van der Waals surface area contributed by atoms with E-state index in [9.17, 15) is 4.79 Å². The molecule has 0 fully saturated rings. The maximum absolute atomic E-state index is 12.0. The molecule has 21 heavy (non-hydrogen) atoms. The highest BCUT2D eigenvalue weighted by Gasteiger charge is 2.35. The molecule has 0 aliphatic heterocycles. The summed E-state index contributed by atoms with van der Waals surface area (Å²) in [5.74, 6) is -0.256. The van der Waals surface area contributed by atoms with Crippen LogP contribution in [0, 0.1) is 0 Å². The standard InChI is InChI=1S/C15H21Cl2NO2S/c1-5-18-15(3,14(19)20-4)9-10(2)21-13-8-11(16)6-7-12(13)17/h6-8,10,18H,5,9H2,1-4H3. The third-order valence-electron chi connectivity index (χ3n) is 3.12. The Morgan fingerprint density at radius 3 is 2.71 bits per heavy atom. The molecule has 0 aliphatic rings. The Morgan fingerprint density at radius 2 is 2.14 bits per heavy atom. The molecule has 6 heteroatoms. The molecule has 0 radical (unpaired) electrons. The molecule has 0 spiro atoms. The van der Waals surface area contributed by atoms with E-state index < -0.39 is 5.54 Å². The fourth-order valence-electron chi connectivity index (χ4n) is 2.24. The summed E-state index contributed by atoms with van der Waals surface area (Å²) in [6.45, 7) is 6.58. The van der Waals surface area contributed by atoms with Gasteiger partial charge in [0.2, 0.25) is 0 Å². The molecule has 1 N–H and O–H groups in total. The number of halogens is 2. The number of carbonyl (C=O) groups is 1. The van der Waals surface area contributed by atoms with Crippen molar-refractivity contribution in [3.63, 3.8) is 0 Å². The zero-order valence-electron chi connectivity index (χ0n) is 12.7. The quantitative estimate of drug-likeness (QED) is 0.584. The number of thioether (sulfide) groups is 1. The van der Waals surface area contributed by atoms with Gasteiger partial charge in [-0.1, -0.05) is 37.0 Å². The molecule has 2 atom stereocenters. The minimum absolute atomic E-state index is 0.170. The van der Waals surface area contributed by atoms with Crippen molar-refractivity contribution in [3.8, 4) is 0 Å². The van der Waals surface area contributed by atoms with E-state index in [4.69, 9.17) is 27.9 Å². The molecular formula is C15H21Cl2NO2S. The molecular weight excluding hydrogens is 329 g/mol. The molecule has 3 nitrogen and oxygen atoms in total. The zero-order valence-corrected chi connectivity index (χ0v) is 15.0. The van der Waals surface area contributed by atoms with Gasteiger partial charge in [-0.15, -0.1) is 11.8 Å². The number of benzene rings is 1. The largest absolute Gasteiger partial charge is 0.468 e. The number of carbonyl (C=O) groups excluding carboxylic acids is 1. The summed E-state index contributed by atoms with van der Waals surface area (Å²) < 4.78 is 4.90. The Bertz CT molecular complexity index is 499. The molecule has 1 aromatic carbocycles. The molecule has 0 heterocycles. The summed E-state index contributed by atoms with van der Waals surface area (Å²) in [6, 6.07) is 5.38. The fourth-order valence-corrected chi connectivity index (χ4v) is 3.96. The van der Waals surface area contributed by atoms with Crippen molar-refractivity contribution >= 4 is 40.9 Å². The van der Waals surface area contributed by atoms with Gasteiger partial charge in [0, 0.05) is 15.2 Å². The average Bonchev–Trinajstić information content (AvgIpc) is 2.42. The molecule has 0 aliphatic carbocycles. The van der Waals surface area contributed by atoms with Crippen LogP contribution < -0.4 is 5.32 Å². The smallest absolute Gasteiger partial charge is 0.325 e. The van der Waals surface area contributed by atoms with Crippen LogP contribution in [0.1, 0.15) is 27.2 Å². The van der Waals surface area contributed by atoms with Gasteiger partial charge in [0.1, 0.15) is 5.54 Å². The lowest BCUT2D eigenvalue weighted by Crippen LogP contribution is -2.51. The Labute approximate surface area is 140 Å². The second-order valence-corrected chi connectivity index (χ2v) is 7.39. The average molecular weight is 350 g/mol. The molecule has 0 aromatic heterocycles. The van der Waals surface area contributed by atoms with Gasteiger partial charge >= 0.3 is 5.97 Å². The predicted octanol–water partition coefficient (Wildman–Crippen LogP) is 4.41. The van der Waals surface area contributed by atoms with Gasteiger partial charge in [-0.25, -0.2) is 0 Å². The van der Waals surface area contributed by atoms with Crippen molar-refractivity contribution in [1.29, 1.82) is 0 Å². The van der Waals surface area contributed by atoms with Gasteiger partial charge in [0.05, 0.1) is 12.1 Å². The first-order valence-corrected chi connectivity index (χ1v) is 8.41. The van der Waals surface area contributed by atoms with E-state index in [-0.39, 0.29) is 11.2 Å². The molecule has 0 bridgehead atoms. The topological polar surface area (TPSA) is 38.3 Å². The van der Waals surface area contributed by atoms with Crippen molar-refractivity contribution in [2.45, 2.75) is 42.9 Å². The molecule has 0 amide bonds. The predicted molar refractivity (Wildman–Crippen MR) is 90.5 cm³/mol. The minimum atomic E-state index is -0.707. The monoisotopic (exact) mass is 349 g/mol. The first kappa shape index (κ1) is 18.6. The maximum atomic E-state index is 12.0. The maximum Gasteiger partial charge on any atom is 0.325 e. The van der Waals surface area contributed by atoms with Crippen LogP contribution in [0.5, 0.6) is 0 Å². The van der Waals surface area contributed by atoms with Crippen LogP contribution in [0.3, 0.4) is 0 Å².